The molecule has 5 heteroatoms. The van der Waals surface area contributed by atoms with Crippen LogP contribution in [0.5, 0.6) is 0 Å². The van der Waals surface area contributed by atoms with Crippen molar-refractivity contribution in [1.82, 2.24) is 15.2 Å². The highest BCUT2D eigenvalue weighted by molar-refractivity contribution is 9.10. The number of halogens is 1. The van der Waals surface area contributed by atoms with Crippen LogP contribution in [0, 0.1) is 5.92 Å². The van der Waals surface area contributed by atoms with Crippen LogP contribution in [0.15, 0.2) is 22.9 Å². The Bertz CT molecular complexity index is 494. The summed E-state index contributed by atoms with van der Waals surface area (Å²) in [5.41, 5.74) is 0.621. The van der Waals surface area contributed by atoms with E-state index in [0.717, 1.165) is 23.1 Å². The Morgan fingerprint density at radius 3 is 2.75 bits per heavy atom. The molecule has 2 aliphatic rings. The van der Waals surface area contributed by atoms with Crippen molar-refractivity contribution in [2.45, 2.75) is 37.8 Å². The molecule has 0 aromatic carbocycles. The summed E-state index contributed by atoms with van der Waals surface area (Å²) in [6.45, 7) is 0.784. The van der Waals surface area contributed by atoms with Gasteiger partial charge >= 0.3 is 0 Å². The molecule has 0 spiro atoms. The summed E-state index contributed by atoms with van der Waals surface area (Å²) < 4.78 is 0.836. The number of hydrogen-bond acceptors (Lipinski definition) is 3. The lowest BCUT2D eigenvalue weighted by Gasteiger charge is -2.36. The summed E-state index contributed by atoms with van der Waals surface area (Å²) in [5, 5.41) is 3.06. The minimum absolute atomic E-state index is 0.0231. The van der Waals surface area contributed by atoms with Gasteiger partial charge in [-0.05, 0) is 60.6 Å². The molecular formula is C15H20BrN3O. The Hall–Kier alpha value is -0.940. The molecule has 108 valence electrons. The zero-order chi connectivity index (χ0) is 14.1. The topological polar surface area (TPSA) is 45.2 Å². The molecule has 0 saturated carbocycles. The van der Waals surface area contributed by atoms with Crippen LogP contribution in [0.3, 0.4) is 0 Å². The van der Waals surface area contributed by atoms with Gasteiger partial charge in [-0.15, -0.1) is 0 Å². The van der Waals surface area contributed by atoms with Crippen LogP contribution in [0.1, 0.15) is 36.0 Å². The molecule has 3 heterocycles. The van der Waals surface area contributed by atoms with Crippen LogP contribution < -0.4 is 5.32 Å². The number of piperidine rings is 1. The monoisotopic (exact) mass is 337 g/mol. The highest BCUT2D eigenvalue weighted by Crippen LogP contribution is 2.37. The van der Waals surface area contributed by atoms with Crippen LogP contribution >= 0.6 is 15.9 Å². The normalized spacial score (nSPS) is 29.4. The predicted octanol–water partition coefficient (Wildman–Crippen LogP) is 2.45. The molecule has 1 amide bonds. The second-order valence-electron chi connectivity index (χ2n) is 5.99. The van der Waals surface area contributed by atoms with Gasteiger partial charge in [-0.25, -0.2) is 0 Å². The summed E-state index contributed by atoms with van der Waals surface area (Å²) in [4.78, 5) is 18.7. The van der Waals surface area contributed by atoms with E-state index in [1.165, 1.54) is 25.7 Å². The Morgan fingerprint density at radius 1 is 1.40 bits per heavy atom. The van der Waals surface area contributed by atoms with Gasteiger partial charge in [0.2, 0.25) is 0 Å². The molecule has 1 aromatic heterocycles. The number of fused-ring (bicyclic) bond motifs is 2. The van der Waals surface area contributed by atoms with Gasteiger partial charge in [0.25, 0.3) is 5.91 Å². The minimum Gasteiger partial charge on any atom is -0.352 e. The van der Waals surface area contributed by atoms with Crippen molar-refractivity contribution in [1.29, 1.82) is 0 Å². The van der Waals surface area contributed by atoms with E-state index in [0.29, 0.717) is 11.5 Å². The highest BCUT2D eigenvalue weighted by Gasteiger charge is 2.38. The molecule has 1 N–H and O–H groups in total. The van der Waals surface area contributed by atoms with E-state index < -0.39 is 0 Å². The average molecular weight is 338 g/mol. The number of rotatable bonds is 3. The van der Waals surface area contributed by atoms with Gasteiger partial charge in [0.1, 0.15) is 0 Å². The Labute approximate surface area is 128 Å². The maximum Gasteiger partial charge on any atom is 0.252 e. The smallest absolute Gasteiger partial charge is 0.252 e. The zero-order valence-corrected chi connectivity index (χ0v) is 13.3. The number of pyridine rings is 1. The molecule has 2 bridgehead atoms. The first kappa shape index (κ1) is 14.0. The van der Waals surface area contributed by atoms with E-state index >= 15 is 0 Å². The fourth-order valence-corrected chi connectivity index (χ4v) is 3.93. The van der Waals surface area contributed by atoms with E-state index in [1.807, 2.05) is 0 Å². The van der Waals surface area contributed by atoms with Crippen molar-refractivity contribution in [3.63, 3.8) is 0 Å². The molecule has 20 heavy (non-hydrogen) atoms. The molecule has 0 radical (unpaired) electrons. The predicted molar refractivity (Wildman–Crippen MR) is 81.6 cm³/mol. The first-order valence-electron chi connectivity index (χ1n) is 7.24. The first-order valence-corrected chi connectivity index (χ1v) is 8.03. The van der Waals surface area contributed by atoms with E-state index in [4.69, 9.17) is 0 Å². The van der Waals surface area contributed by atoms with Crippen molar-refractivity contribution in [3.8, 4) is 0 Å². The van der Waals surface area contributed by atoms with Gasteiger partial charge in [0.05, 0.1) is 5.56 Å². The standard InChI is InChI=1S/C15H20BrN3O/c1-19-13-2-3-14(19)5-10(4-13)7-18-15(20)11-6-12(16)9-17-8-11/h6,8-10,13-14H,2-5,7H2,1H3,(H,18,20). The van der Waals surface area contributed by atoms with E-state index in [2.05, 4.69) is 38.2 Å². The number of aromatic nitrogens is 1. The molecule has 1 aromatic rings. The third-order valence-electron chi connectivity index (χ3n) is 4.71. The van der Waals surface area contributed by atoms with Crippen molar-refractivity contribution in [2.75, 3.05) is 13.6 Å². The highest BCUT2D eigenvalue weighted by atomic mass is 79.9. The minimum atomic E-state index is -0.0231. The Kier molecular flexibility index (Phi) is 4.08. The summed E-state index contributed by atoms with van der Waals surface area (Å²) >= 11 is 3.34. The third kappa shape index (κ3) is 2.88. The number of nitrogens with zero attached hydrogens (tertiary/aromatic N) is 2. The van der Waals surface area contributed by atoms with Crippen molar-refractivity contribution in [3.05, 3.63) is 28.5 Å². The van der Waals surface area contributed by atoms with Crippen molar-refractivity contribution in [2.24, 2.45) is 5.92 Å². The number of carbonyl (C=O) groups excluding carboxylic acids is 1. The van der Waals surface area contributed by atoms with Gasteiger partial charge in [0.15, 0.2) is 0 Å². The molecular weight excluding hydrogens is 318 g/mol. The number of hydrogen-bond donors (Lipinski definition) is 1. The molecule has 3 rings (SSSR count). The van der Waals surface area contributed by atoms with Gasteiger partial charge in [-0.2, -0.15) is 0 Å². The summed E-state index contributed by atoms with van der Waals surface area (Å²) in [6.07, 6.45) is 8.36. The number of nitrogens with one attached hydrogen (secondary N) is 1. The van der Waals surface area contributed by atoms with E-state index in [9.17, 15) is 4.79 Å². The van der Waals surface area contributed by atoms with E-state index in [1.54, 1.807) is 18.5 Å². The number of carbonyl (C=O) groups is 1. The largest absolute Gasteiger partial charge is 0.352 e. The maximum absolute atomic E-state index is 12.1. The van der Waals surface area contributed by atoms with E-state index in [-0.39, 0.29) is 5.91 Å². The summed E-state index contributed by atoms with van der Waals surface area (Å²) in [7, 11) is 2.24. The van der Waals surface area contributed by atoms with Gasteiger partial charge in [-0.3, -0.25) is 9.78 Å². The Balaban J connectivity index is 1.54. The second kappa shape index (κ2) is 5.82. The molecule has 4 nitrogen and oxygen atoms in total. The van der Waals surface area contributed by atoms with Gasteiger partial charge < -0.3 is 10.2 Å². The molecule has 2 aliphatic heterocycles. The molecule has 2 saturated heterocycles. The van der Waals surface area contributed by atoms with Crippen molar-refractivity contribution < 1.29 is 4.79 Å². The van der Waals surface area contributed by atoms with Crippen LogP contribution in [-0.4, -0.2) is 41.5 Å². The summed E-state index contributed by atoms with van der Waals surface area (Å²) in [5.74, 6) is 0.595. The quantitative estimate of drug-likeness (QED) is 0.921. The zero-order valence-electron chi connectivity index (χ0n) is 11.7. The lowest BCUT2D eigenvalue weighted by atomic mass is 9.91. The van der Waals surface area contributed by atoms with Crippen LogP contribution in [0.2, 0.25) is 0 Å². The first-order chi connectivity index (χ1) is 9.63. The van der Waals surface area contributed by atoms with Crippen LogP contribution in [-0.2, 0) is 0 Å². The molecule has 2 atom stereocenters. The third-order valence-corrected chi connectivity index (χ3v) is 5.15. The average Bonchev–Trinajstić information content (AvgIpc) is 2.66. The maximum atomic E-state index is 12.1. The molecule has 0 aliphatic carbocycles. The van der Waals surface area contributed by atoms with Crippen molar-refractivity contribution >= 4 is 21.8 Å². The fourth-order valence-electron chi connectivity index (χ4n) is 3.57. The van der Waals surface area contributed by atoms with Crippen LogP contribution in [0.25, 0.3) is 0 Å². The second-order valence-corrected chi connectivity index (χ2v) is 6.91. The number of amides is 1. The SMILES string of the molecule is CN1C2CCC1CC(CNC(=O)c1cncc(Br)c1)C2. The molecule has 2 fully saturated rings. The fraction of sp³-hybridized carbons (Fsp3) is 0.600. The lowest BCUT2D eigenvalue weighted by molar-refractivity contribution is 0.0917. The Morgan fingerprint density at radius 2 is 2.10 bits per heavy atom. The molecule has 2 unspecified atom stereocenters. The van der Waals surface area contributed by atoms with Gasteiger partial charge in [-0.1, -0.05) is 0 Å². The lowest BCUT2D eigenvalue weighted by Crippen LogP contribution is -2.43. The summed E-state index contributed by atoms with van der Waals surface area (Å²) in [6, 6.07) is 3.26. The van der Waals surface area contributed by atoms with Crippen LogP contribution in [0.4, 0.5) is 0 Å². The van der Waals surface area contributed by atoms with Gasteiger partial charge in [0, 0.05) is 35.5 Å².